The van der Waals surface area contributed by atoms with Crippen LogP contribution in [0.25, 0.3) is 0 Å². The number of halogens is 1. The number of rotatable bonds is 6. The van der Waals surface area contributed by atoms with Crippen molar-refractivity contribution >= 4 is 44.6 Å². The molecule has 1 saturated heterocycles. The van der Waals surface area contributed by atoms with Gasteiger partial charge in [0.05, 0.1) is 18.0 Å². The van der Waals surface area contributed by atoms with Crippen LogP contribution in [-0.4, -0.2) is 70.4 Å². The van der Waals surface area contributed by atoms with Crippen molar-refractivity contribution in [2.24, 2.45) is 0 Å². The molecule has 0 unspecified atom stereocenters. The van der Waals surface area contributed by atoms with Gasteiger partial charge in [0.1, 0.15) is 9.96 Å². The van der Waals surface area contributed by atoms with E-state index in [4.69, 9.17) is 16.3 Å². The number of carbonyl (C=O) groups excluding carboxylic acids is 1. The number of hydrogen-bond acceptors (Lipinski definition) is 6. The molecule has 1 amide bonds. The maximum atomic E-state index is 12.6. The zero-order valence-corrected chi connectivity index (χ0v) is 18.1. The van der Waals surface area contributed by atoms with E-state index < -0.39 is 10.0 Å². The van der Waals surface area contributed by atoms with Crippen LogP contribution in [0.1, 0.15) is 0 Å². The smallest absolute Gasteiger partial charge is 0.252 e. The maximum absolute atomic E-state index is 12.6. The summed E-state index contributed by atoms with van der Waals surface area (Å²) in [7, 11) is -0.678. The molecule has 1 aliphatic rings. The monoisotopic (exact) mass is 443 g/mol. The molecule has 152 valence electrons. The molecule has 0 spiro atoms. The van der Waals surface area contributed by atoms with E-state index in [1.165, 1.54) is 19.2 Å². The minimum atomic E-state index is -3.72. The van der Waals surface area contributed by atoms with E-state index in [9.17, 15) is 13.2 Å². The molecule has 0 saturated carbocycles. The molecule has 2 aromatic rings. The first-order valence-corrected chi connectivity index (χ1v) is 11.3. The van der Waals surface area contributed by atoms with E-state index in [0.29, 0.717) is 30.5 Å². The average molecular weight is 444 g/mol. The van der Waals surface area contributed by atoms with Crippen molar-refractivity contribution in [3.05, 3.63) is 40.7 Å². The minimum Gasteiger partial charge on any atom is -0.497 e. The van der Waals surface area contributed by atoms with Crippen LogP contribution in [0.4, 0.5) is 5.69 Å². The largest absolute Gasteiger partial charge is 0.497 e. The molecule has 1 aliphatic heterocycles. The molecule has 1 aromatic heterocycles. The van der Waals surface area contributed by atoms with Crippen LogP contribution >= 0.6 is 22.9 Å². The number of carbonyl (C=O) groups is 1. The summed E-state index contributed by atoms with van der Waals surface area (Å²) in [5.41, 5.74) is 1.04. The summed E-state index contributed by atoms with van der Waals surface area (Å²) in [6.45, 7) is 2.23. The second-order valence-corrected chi connectivity index (χ2v) is 10.4. The van der Waals surface area contributed by atoms with Crippen LogP contribution in [0, 0.1) is 0 Å². The van der Waals surface area contributed by atoms with Crippen LogP contribution in [0.15, 0.2) is 40.6 Å². The lowest BCUT2D eigenvalue weighted by molar-refractivity contribution is -0.131. The average Bonchev–Trinajstić information content (AvgIpc) is 3.15. The Balaban J connectivity index is 1.57. The molecular weight excluding hydrogens is 422 g/mol. The summed E-state index contributed by atoms with van der Waals surface area (Å²) in [4.78, 5) is 16.5. The quantitative estimate of drug-likeness (QED) is 0.685. The van der Waals surface area contributed by atoms with Gasteiger partial charge in [-0.3, -0.25) is 4.79 Å². The van der Waals surface area contributed by atoms with Crippen molar-refractivity contribution in [1.29, 1.82) is 0 Å². The fourth-order valence-electron chi connectivity index (χ4n) is 2.99. The molecule has 28 heavy (non-hydrogen) atoms. The Hall–Kier alpha value is -1.81. The zero-order valence-electron chi connectivity index (χ0n) is 15.7. The van der Waals surface area contributed by atoms with Gasteiger partial charge < -0.3 is 14.5 Å². The number of ether oxygens (including phenoxy) is 1. The number of sulfonamides is 1. The van der Waals surface area contributed by atoms with E-state index in [1.807, 2.05) is 24.3 Å². The van der Waals surface area contributed by atoms with E-state index in [-0.39, 0.29) is 16.7 Å². The van der Waals surface area contributed by atoms with Crippen molar-refractivity contribution in [1.82, 2.24) is 9.21 Å². The second-order valence-electron chi connectivity index (χ2n) is 6.39. The van der Waals surface area contributed by atoms with E-state index >= 15 is 0 Å². The number of anilines is 1. The number of thiophene rings is 1. The molecule has 7 nitrogen and oxygen atoms in total. The lowest BCUT2D eigenvalue weighted by Crippen LogP contribution is -2.51. The summed E-state index contributed by atoms with van der Waals surface area (Å²) in [5.74, 6) is 0.579. The van der Waals surface area contributed by atoms with Gasteiger partial charge in [0, 0.05) is 45.0 Å². The molecule has 0 N–H and O–H groups in total. The molecule has 0 aliphatic carbocycles. The highest BCUT2D eigenvalue weighted by molar-refractivity contribution is 7.91. The number of likely N-dealkylation sites (N-methyl/N-ethyl adjacent to an activating group) is 1. The highest BCUT2D eigenvalue weighted by Gasteiger charge is 2.28. The van der Waals surface area contributed by atoms with Gasteiger partial charge in [-0.2, -0.15) is 4.31 Å². The fraction of sp³-hybridized carbons (Fsp3) is 0.389. The fourth-order valence-corrected chi connectivity index (χ4v) is 5.80. The Morgan fingerprint density at radius 3 is 2.54 bits per heavy atom. The number of piperazine rings is 1. The van der Waals surface area contributed by atoms with Crippen molar-refractivity contribution in [3.63, 3.8) is 0 Å². The summed E-state index contributed by atoms with van der Waals surface area (Å²) >= 11 is 6.81. The molecule has 3 rings (SSSR count). The van der Waals surface area contributed by atoms with Gasteiger partial charge in [-0.15, -0.1) is 11.3 Å². The third-order valence-electron chi connectivity index (χ3n) is 4.62. The summed E-state index contributed by atoms with van der Waals surface area (Å²) in [5, 5.41) is 0. The Bertz CT molecular complexity index is 940. The van der Waals surface area contributed by atoms with Gasteiger partial charge in [-0.05, 0) is 24.3 Å². The van der Waals surface area contributed by atoms with Crippen LogP contribution in [0.2, 0.25) is 4.34 Å². The van der Waals surface area contributed by atoms with Crippen LogP contribution in [-0.2, 0) is 14.8 Å². The van der Waals surface area contributed by atoms with Gasteiger partial charge in [0.15, 0.2) is 0 Å². The first kappa shape index (κ1) is 20.9. The van der Waals surface area contributed by atoms with Crippen molar-refractivity contribution < 1.29 is 17.9 Å². The van der Waals surface area contributed by atoms with Gasteiger partial charge in [0.2, 0.25) is 5.91 Å². The Labute approximate surface area is 174 Å². The van der Waals surface area contributed by atoms with Crippen LogP contribution in [0.5, 0.6) is 5.75 Å². The molecule has 1 fully saturated rings. The molecule has 0 atom stereocenters. The molecular formula is C18H22ClN3O4S2. The van der Waals surface area contributed by atoms with Gasteiger partial charge in [0.25, 0.3) is 10.0 Å². The van der Waals surface area contributed by atoms with Gasteiger partial charge in [-0.1, -0.05) is 17.7 Å². The topological polar surface area (TPSA) is 70.2 Å². The Morgan fingerprint density at radius 1 is 1.21 bits per heavy atom. The zero-order chi connectivity index (χ0) is 20.3. The SMILES string of the molecule is COc1cccc(N2CCN(C(=O)CN(C)S(=O)(=O)c3ccc(Cl)s3)CC2)c1. The Morgan fingerprint density at radius 2 is 1.93 bits per heavy atom. The molecule has 2 heterocycles. The van der Waals surface area contributed by atoms with Crippen LogP contribution < -0.4 is 9.64 Å². The Kier molecular flexibility index (Phi) is 6.49. The number of methoxy groups -OCH3 is 1. The normalized spacial score (nSPS) is 15.1. The third kappa shape index (κ3) is 4.60. The summed E-state index contributed by atoms with van der Waals surface area (Å²) in [6.07, 6.45) is 0. The van der Waals surface area contributed by atoms with Gasteiger partial charge >= 0.3 is 0 Å². The lowest BCUT2D eigenvalue weighted by atomic mass is 10.2. The van der Waals surface area contributed by atoms with E-state index in [0.717, 1.165) is 27.1 Å². The molecule has 1 aromatic carbocycles. The highest BCUT2D eigenvalue weighted by atomic mass is 35.5. The predicted molar refractivity (Wildman–Crippen MR) is 111 cm³/mol. The van der Waals surface area contributed by atoms with E-state index in [1.54, 1.807) is 12.0 Å². The third-order valence-corrected chi connectivity index (χ3v) is 8.12. The van der Waals surface area contributed by atoms with Crippen molar-refractivity contribution in [2.75, 3.05) is 51.8 Å². The predicted octanol–water partition coefficient (Wildman–Crippen LogP) is 2.38. The summed E-state index contributed by atoms with van der Waals surface area (Å²) in [6, 6.07) is 10.8. The first-order chi connectivity index (χ1) is 13.3. The molecule has 0 bridgehead atoms. The van der Waals surface area contributed by atoms with Crippen molar-refractivity contribution in [3.8, 4) is 5.75 Å². The van der Waals surface area contributed by atoms with Crippen molar-refractivity contribution in [2.45, 2.75) is 4.21 Å². The molecule has 0 radical (unpaired) electrons. The van der Waals surface area contributed by atoms with E-state index in [2.05, 4.69) is 4.90 Å². The molecule has 10 heteroatoms. The lowest BCUT2D eigenvalue weighted by Gasteiger charge is -2.36. The number of amides is 1. The van der Waals surface area contributed by atoms with Crippen LogP contribution in [0.3, 0.4) is 0 Å². The van der Waals surface area contributed by atoms with Gasteiger partial charge in [-0.25, -0.2) is 8.42 Å². The standard InChI is InChI=1S/C18H22ClN3O4S2/c1-20(28(24,25)18-7-6-16(19)27-18)13-17(23)22-10-8-21(9-11-22)14-4-3-5-15(12-14)26-2/h3-7,12H,8-11,13H2,1-2H3. The maximum Gasteiger partial charge on any atom is 0.252 e. The highest BCUT2D eigenvalue weighted by Crippen LogP contribution is 2.27. The number of hydrogen-bond donors (Lipinski definition) is 0. The second kappa shape index (κ2) is 8.69. The summed E-state index contributed by atoms with van der Waals surface area (Å²) < 4.78 is 32.0. The minimum absolute atomic E-state index is 0.135. The number of benzene rings is 1. The number of nitrogens with zero attached hydrogens (tertiary/aromatic N) is 3. The first-order valence-electron chi connectivity index (χ1n) is 8.69.